The largest absolute Gasteiger partial charge is 0.480 e. The SMILES string of the molecule is O=C(O)C1CCCN1C1CCN(CCSC(F)(F)F)CC1. The number of alkyl halides is 3. The number of carboxylic acid groups (broad SMARTS) is 1. The van der Waals surface area contributed by atoms with Crippen molar-refractivity contribution in [3.63, 3.8) is 0 Å². The van der Waals surface area contributed by atoms with Crippen molar-refractivity contribution in [3.05, 3.63) is 0 Å². The van der Waals surface area contributed by atoms with Crippen LogP contribution in [0.5, 0.6) is 0 Å². The van der Waals surface area contributed by atoms with Gasteiger partial charge in [-0.25, -0.2) is 0 Å². The number of carbonyl (C=O) groups is 1. The van der Waals surface area contributed by atoms with Gasteiger partial charge in [-0.1, -0.05) is 0 Å². The number of carboxylic acids is 1. The van der Waals surface area contributed by atoms with Crippen molar-refractivity contribution in [1.29, 1.82) is 0 Å². The number of hydrogen-bond donors (Lipinski definition) is 1. The molecule has 2 aliphatic rings. The number of piperidine rings is 1. The van der Waals surface area contributed by atoms with Gasteiger partial charge in [0.1, 0.15) is 6.04 Å². The van der Waals surface area contributed by atoms with Gasteiger partial charge in [-0.05, 0) is 57.1 Å². The Morgan fingerprint density at radius 2 is 1.86 bits per heavy atom. The van der Waals surface area contributed by atoms with E-state index in [1.54, 1.807) is 0 Å². The summed E-state index contributed by atoms with van der Waals surface area (Å²) in [7, 11) is 0. The molecule has 0 radical (unpaired) electrons. The molecule has 2 saturated heterocycles. The second kappa shape index (κ2) is 7.19. The zero-order valence-corrected chi connectivity index (χ0v) is 12.6. The number of hydrogen-bond acceptors (Lipinski definition) is 4. The van der Waals surface area contributed by atoms with Crippen LogP contribution in [-0.4, -0.2) is 70.4 Å². The number of aliphatic carboxylic acids is 1. The summed E-state index contributed by atoms with van der Waals surface area (Å²) in [5, 5.41) is 9.20. The van der Waals surface area contributed by atoms with Crippen LogP contribution in [0.25, 0.3) is 0 Å². The molecule has 122 valence electrons. The van der Waals surface area contributed by atoms with E-state index in [2.05, 4.69) is 4.90 Å². The van der Waals surface area contributed by atoms with Crippen LogP contribution < -0.4 is 0 Å². The average Bonchev–Trinajstić information content (AvgIpc) is 2.87. The van der Waals surface area contributed by atoms with E-state index in [9.17, 15) is 23.1 Å². The van der Waals surface area contributed by atoms with Gasteiger partial charge in [0.15, 0.2) is 0 Å². The maximum absolute atomic E-state index is 12.1. The third-order valence-corrected chi connectivity index (χ3v) is 4.99. The van der Waals surface area contributed by atoms with Gasteiger partial charge in [-0.3, -0.25) is 9.69 Å². The van der Waals surface area contributed by atoms with Crippen LogP contribution >= 0.6 is 11.8 Å². The second-order valence-corrected chi connectivity index (χ2v) is 6.76. The van der Waals surface area contributed by atoms with Gasteiger partial charge in [-0.2, -0.15) is 13.2 Å². The molecule has 2 rings (SSSR count). The minimum absolute atomic E-state index is 0.0278. The van der Waals surface area contributed by atoms with Crippen LogP contribution in [0.1, 0.15) is 25.7 Å². The molecule has 0 saturated carbocycles. The zero-order chi connectivity index (χ0) is 15.5. The van der Waals surface area contributed by atoms with Gasteiger partial charge < -0.3 is 10.0 Å². The van der Waals surface area contributed by atoms with Crippen molar-refractivity contribution in [1.82, 2.24) is 9.80 Å². The monoisotopic (exact) mass is 326 g/mol. The molecule has 8 heteroatoms. The Balaban J connectivity index is 1.72. The van der Waals surface area contributed by atoms with E-state index in [0.717, 1.165) is 38.9 Å². The zero-order valence-electron chi connectivity index (χ0n) is 11.8. The Bertz CT molecular complexity index is 360. The molecule has 1 atom stereocenters. The molecule has 0 amide bonds. The maximum Gasteiger partial charge on any atom is 0.441 e. The lowest BCUT2D eigenvalue weighted by molar-refractivity contribution is -0.143. The van der Waals surface area contributed by atoms with Crippen molar-refractivity contribution in [2.24, 2.45) is 0 Å². The number of halogens is 3. The molecule has 0 aliphatic carbocycles. The lowest BCUT2D eigenvalue weighted by Gasteiger charge is -2.38. The van der Waals surface area contributed by atoms with E-state index in [0.29, 0.717) is 13.0 Å². The van der Waals surface area contributed by atoms with Gasteiger partial charge in [0.25, 0.3) is 0 Å². The Hall–Kier alpha value is -0.470. The highest BCUT2D eigenvalue weighted by Crippen LogP contribution is 2.30. The molecule has 0 aromatic rings. The molecule has 2 fully saturated rings. The summed E-state index contributed by atoms with van der Waals surface area (Å²) >= 11 is 0.0278. The van der Waals surface area contributed by atoms with Crippen LogP contribution in [0.3, 0.4) is 0 Å². The number of nitrogens with zero attached hydrogens (tertiary/aromatic N) is 2. The van der Waals surface area contributed by atoms with Crippen LogP contribution in [0, 0.1) is 0 Å². The van der Waals surface area contributed by atoms with E-state index in [-0.39, 0.29) is 29.6 Å². The summed E-state index contributed by atoms with van der Waals surface area (Å²) < 4.78 is 36.2. The molecule has 1 unspecified atom stereocenters. The van der Waals surface area contributed by atoms with E-state index >= 15 is 0 Å². The van der Waals surface area contributed by atoms with Crippen molar-refractivity contribution in [2.75, 3.05) is 31.9 Å². The number of rotatable bonds is 5. The van der Waals surface area contributed by atoms with Crippen LogP contribution in [0.4, 0.5) is 13.2 Å². The summed E-state index contributed by atoms with van der Waals surface area (Å²) in [4.78, 5) is 15.3. The lowest BCUT2D eigenvalue weighted by atomic mass is 10.0. The highest BCUT2D eigenvalue weighted by Gasteiger charge is 2.36. The first-order chi connectivity index (χ1) is 9.87. The van der Waals surface area contributed by atoms with Crippen LogP contribution in [-0.2, 0) is 4.79 Å². The fourth-order valence-electron chi connectivity index (χ4n) is 3.26. The minimum Gasteiger partial charge on any atom is -0.480 e. The predicted octanol–water partition coefficient (Wildman–Crippen LogP) is 2.25. The fraction of sp³-hybridized carbons (Fsp3) is 0.923. The molecule has 4 nitrogen and oxygen atoms in total. The molecular weight excluding hydrogens is 305 g/mol. The molecule has 2 aliphatic heterocycles. The molecule has 0 spiro atoms. The molecule has 1 N–H and O–H groups in total. The third-order valence-electron chi connectivity index (χ3n) is 4.28. The summed E-state index contributed by atoms with van der Waals surface area (Å²) in [5.74, 6) is -0.688. The highest BCUT2D eigenvalue weighted by atomic mass is 32.2. The van der Waals surface area contributed by atoms with Crippen molar-refractivity contribution >= 4 is 17.7 Å². The smallest absolute Gasteiger partial charge is 0.441 e. The number of likely N-dealkylation sites (tertiary alicyclic amines) is 2. The topological polar surface area (TPSA) is 43.8 Å². The Morgan fingerprint density at radius 1 is 1.19 bits per heavy atom. The van der Waals surface area contributed by atoms with Crippen molar-refractivity contribution < 1.29 is 23.1 Å². The molecule has 21 heavy (non-hydrogen) atoms. The fourth-order valence-corrected chi connectivity index (χ4v) is 3.84. The second-order valence-electron chi connectivity index (χ2n) is 5.60. The van der Waals surface area contributed by atoms with Gasteiger partial charge >= 0.3 is 11.5 Å². The summed E-state index contributed by atoms with van der Waals surface area (Å²) in [5.41, 5.74) is -4.15. The molecular formula is C13H21F3N2O2S. The Labute approximate surface area is 126 Å². The van der Waals surface area contributed by atoms with Crippen molar-refractivity contribution in [3.8, 4) is 0 Å². The van der Waals surface area contributed by atoms with Crippen LogP contribution in [0.15, 0.2) is 0 Å². The minimum atomic E-state index is -4.15. The lowest BCUT2D eigenvalue weighted by Crippen LogP contribution is -2.49. The van der Waals surface area contributed by atoms with Crippen LogP contribution in [0.2, 0.25) is 0 Å². The van der Waals surface area contributed by atoms with E-state index in [1.165, 1.54) is 0 Å². The first-order valence-electron chi connectivity index (χ1n) is 7.28. The Morgan fingerprint density at radius 3 is 2.43 bits per heavy atom. The normalized spacial score (nSPS) is 26.3. The van der Waals surface area contributed by atoms with Gasteiger partial charge in [0.2, 0.25) is 0 Å². The van der Waals surface area contributed by atoms with E-state index in [4.69, 9.17) is 0 Å². The average molecular weight is 326 g/mol. The van der Waals surface area contributed by atoms with E-state index in [1.807, 2.05) is 4.90 Å². The highest BCUT2D eigenvalue weighted by molar-refractivity contribution is 8.00. The first-order valence-corrected chi connectivity index (χ1v) is 8.27. The van der Waals surface area contributed by atoms with Crippen molar-refractivity contribution in [2.45, 2.75) is 43.3 Å². The molecule has 0 aromatic carbocycles. The first kappa shape index (κ1) is 16.9. The third kappa shape index (κ3) is 5.03. The predicted molar refractivity (Wildman–Crippen MR) is 75.3 cm³/mol. The van der Waals surface area contributed by atoms with E-state index < -0.39 is 11.5 Å². The standard InChI is InChI=1S/C13H21F3N2O2S/c14-13(15,16)21-9-8-17-6-3-10(4-7-17)18-5-1-2-11(18)12(19)20/h10-11H,1-9H2,(H,19,20). The van der Waals surface area contributed by atoms with Gasteiger partial charge in [-0.15, -0.1) is 0 Å². The Kier molecular flexibility index (Phi) is 5.79. The number of thioether (sulfide) groups is 1. The quantitative estimate of drug-likeness (QED) is 0.839. The molecule has 0 aromatic heterocycles. The summed E-state index contributed by atoms with van der Waals surface area (Å²) in [6, 6.07) is -0.109. The molecule has 2 heterocycles. The molecule has 0 bridgehead atoms. The van der Waals surface area contributed by atoms with Gasteiger partial charge in [0, 0.05) is 18.3 Å². The van der Waals surface area contributed by atoms with Gasteiger partial charge in [0.05, 0.1) is 0 Å². The summed E-state index contributed by atoms with van der Waals surface area (Å²) in [6.45, 7) is 2.78. The maximum atomic E-state index is 12.1. The summed E-state index contributed by atoms with van der Waals surface area (Å²) in [6.07, 6.45) is 3.32.